The lowest BCUT2D eigenvalue weighted by molar-refractivity contribution is -0.120. The Bertz CT molecular complexity index is 596. The minimum Gasteiger partial charge on any atom is -0.492 e. The smallest absolute Gasteiger partial charge is 0.224 e. The molecule has 3 nitrogen and oxygen atoms in total. The number of nitrogens with one attached hydrogen (secondary N) is 1. The van der Waals surface area contributed by atoms with Crippen LogP contribution in [0.15, 0.2) is 53.0 Å². The van der Waals surface area contributed by atoms with Crippen LogP contribution in [0.2, 0.25) is 0 Å². The molecule has 1 N–H and O–H groups in total. The van der Waals surface area contributed by atoms with Crippen LogP contribution in [-0.4, -0.2) is 19.1 Å². The molecule has 110 valence electrons. The Morgan fingerprint density at radius 3 is 2.57 bits per heavy atom. The van der Waals surface area contributed by atoms with Crippen LogP contribution in [0.4, 0.5) is 0 Å². The van der Waals surface area contributed by atoms with Crippen molar-refractivity contribution in [1.29, 1.82) is 0 Å². The Morgan fingerprint density at radius 2 is 1.86 bits per heavy atom. The van der Waals surface area contributed by atoms with Crippen molar-refractivity contribution >= 4 is 21.8 Å². The van der Waals surface area contributed by atoms with Crippen LogP contribution < -0.4 is 10.1 Å². The number of halogens is 1. The van der Waals surface area contributed by atoms with Gasteiger partial charge >= 0.3 is 0 Å². The zero-order valence-electron chi connectivity index (χ0n) is 11.9. The molecule has 0 radical (unpaired) electrons. The molecule has 0 spiro atoms. The molecule has 0 saturated carbocycles. The summed E-state index contributed by atoms with van der Waals surface area (Å²) >= 11 is 3.44. The molecule has 1 amide bonds. The van der Waals surface area contributed by atoms with Gasteiger partial charge in [-0.2, -0.15) is 0 Å². The molecule has 2 aromatic carbocycles. The summed E-state index contributed by atoms with van der Waals surface area (Å²) in [6.45, 7) is 2.99. The van der Waals surface area contributed by atoms with Crippen LogP contribution in [-0.2, 0) is 11.2 Å². The van der Waals surface area contributed by atoms with Crippen molar-refractivity contribution in [2.45, 2.75) is 13.3 Å². The van der Waals surface area contributed by atoms with Gasteiger partial charge in [-0.05, 0) is 30.7 Å². The van der Waals surface area contributed by atoms with Gasteiger partial charge in [0, 0.05) is 4.47 Å². The van der Waals surface area contributed by atoms with E-state index in [1.54, 1.807) is 0 Å². The predicted molar refractivity (Wildman–Crippen MR) is 87.5 cm³/mol. The average Bonchev–Trinajstić information content (AvgIpc) is 2.48. The lowest BCUT2D eigenvalue weighted by atomic mass is 10.1. The molecule has 0 heterocycles. The number of ether oxygens (including phenoxy) is 1. The van der Waals surface area contributed by atoms with Gasteiger partial charge in [0.2, 0.25) is 5.91 Å². The minimum atomic E-state index is -0.00518. The fourth-order valence-corrected chi connectivity index (χ4v) is 2.30. The first-order chi connectivity index (χ1) is 10.1. The van der Waals surface area contributed by atoms with Crippen molar-refractivity contribution in [2.75, 3.05) is 13.2 Å². The molecule has 0 unspecified atom stereocenters. The van der Waals surface area contributed by atoms with E-state index in [0.717, 1.165) is 15.8 Å². The average molecular weight is 348 g/mol. The van der Waals surface area contributed by atoms with Gasteiger partial charge in [-0.25, -0.2) is 0 Å². The Morgan fingerprint density at radius 1 is 1.14 bits per heavy atom. The van der Waals surface area contributed by atoms with E-state index in [1.807, 2.05) is 55.5 Å². The van der Waals surface area contributed by atoms with Gasteiger partial charge in [0.25, 0.3) is 0 Å². The van der Waals surface area contributed by atoms with Crippen molar-refractivity contribution < 1.29 is 9.53 Å². The molecule has 0 bridgehead atoms. The fraction of sp³-hybridized carbons (Fsp3) is 0.235. The second kappa shape index (κ2) is 7.84. The maximum atomic E-state index is 11.8. The molecule has 2 aromatic rings. The van der Waals surface area contributed by atoms with Crippen LogP contribution >= 0.6 is 15.9 Å². The summed E-state index contributed by atoms with van der Waals surface area (Å²) in [7, 11) is 0. The SMILES string of the molecule is Cc1ccc(OCCNC(=O)Cc2ccccc2Br)cc1. The molecular formula is C17H18BrNO2. The van der Waals surface area contributed by atoms with Crippen molar-refractivity contribution in [3.63, 3.8) is 0 Å². The van der Waals surface area contributed by atoms with Crippen LogP contribution in [0, 0.1) is 6.92 Å². The van der Waals surface area contributed by atoms with E-state index in [9.17, 15) is 4.79 Å². The van der Waals surface area contributed by atoms with Gasteiger partial charge in [0.1, 0.15) is 12.4 Å². The highest BCUT2D eigenvalue weighted by Gasteiger charge is 2.05. The van der Waals surface area contributed by atoms with Crippen LogP contribution in [0.5, 0.6) is 5.75 Å². The van der Waals surface area contributed by atoms with Gasteiger partial charge in [0.15, 0.2) is 0 Å². The summed E-state index contributed by atoms with van der Waals surface area (Å²) in [5.41, 5.74) is 2.18. The highest BCUT2D eigenvalue weighted by molar-refractivity contribution is 9.10. The van der Waals surface area contributed by atoms with E-state index in [2.05, 4.69) is 21.2 Å². The number of carbonyl (C=O) groups excluding carboxylic acids is 1. The molecule has 2 rings (SSSR count). The van der Waals surface area contributed by atoms with Crippen molar-refractivity contribution in [1.82, 2.24) is 5.32 Å². The Labute approximate surface area is 133 Å². The third-order valence-corrected chi connectivity index (χ3v) is 3.80. The standard InChI is InChI=1S/C17H18BrNO2/c1-13-6-8-15(9-7-13)21-11-10-19-17(20)12-14-4-2-3-5-16(14)18/h2-9H,10-12H2,1H3,(H,19,20). The third kappa shape index (κ3) is 5.23. The number of rotatable bonds is 6. The Hall–Kier alpha value is -1.81. The fourth-order valence-electron chi connectivity index (χ4n) is 1.87. The molecule has 0 aromatic heterocycles. The zero-order valence-corrected chi connectivity index (χ0v) is 13.5. The van der Waals surface area contributed by atoms with Crippen LogP contribution in [0.1, 0.15) is 11.1 Å². The highest BCUT2D eigenvalue weighted by atomic mass is 79.9. The van der Waals surface area contributed by atoms with Crippen molar-refractivity contribution in [2.24, 2.45) is 0 Å². The summed E-state index contributed by atoms with van der Waals surface area (Å²) in [5, 5.41) is 2.86. The lowest BCUT2D eigenvalue weighted by Gasteiger charge is -2.08. The van der Waals surface area contributed by atoms with Gasteiger partial charge in [-0.3, -0.25) is 4.79 Å². The van der Waals surface area contributed by atoms with Crippen molar-refractivity contribution in [3.8, 4) is 5.75 Å². The minimum absolute atomic E-state index is 0.00518. The number of hydrogen-bond acceptors (Lipinski definition) is 2. The molecule has 0 aliphatic heterocycles. The first kappa shape index (κ1) is 15.6. The second-order valence-electron chi connectivity index (χ2n) is 4.78. The van der Waals surface area contributed by atoms with Crippen LogP contribution in [0.25, 0.3) is 0 Å². The molecule has 0 fully saturated rings. The topological polar surface area (TPSA) is 38.3 Å². The van der Waals surface area contributed by atoms with Gasteiger partial charge in [0.05, 0.1) is 13.0 Å². The van der Waals surface area contributed by atoms with E-state index < -0.39 is 0 Å². The van der Waals surface area contributed by atoms with E-state index in [4.69, 9.17) is 4.74 Å². The molecular weight excluding hydrogens is 330 g/mol. The summed E-state index contributed by atoms with van der Waals surface area (Å²) in [4.78, 5) is 11.8. The summed E-state index contributed by atoms with van der Waals surface area (Å²) in [6, 6.07) is 15.6. The van der Waals surface area contributed by atoms with E-state index in [0.29, 0.717) is 19.6 Å². The van der Waals surface area contributed by atoms with E-state index in [-0.39, 0.29) is 5.91 Å². The molecule has 0 atom stereocenters. The normalized spacial score (nSPS) is 10.2. The monoisotopic (exact) mass is 347 g/mol. The first-order valence-electron chi connectivity index (χ1n) is 6.85. The first-order valence-corrected chi connectivity index (χ1v) is 7.64. The maximum absolute atomic E-state index is 11.8. The summed E-state index contributed by atoms with van der Waals surface area (Å²) in [6.07, 6.45) is 0.367. The third-order valence-electron chi connectivity index (χ3n) is 3.02. The second-order valence-corrected chi connectivity index (χ2v) is 5.63. The number of amides is 1. The van der Waals surface area contributed by atoms with E-state index >= 15 is 0 Å². The molecule has 21 heavy (non-hydrogen) atoms. The Kier molecular flexibility index (Phi) is 5.81. The number of benzene rings is 2. The molecule has 0 aliphatic rings. The predicted octanol–water partition coefficient (Wildman–Crippen LogP) is 3.50. The molecule has 0 saturated heterocycles. The van der Waals surface area contributed by atoms with Gasteiger partial charge in [-0.15, -0.1) is 0 Å². The maximum Gasteiger partial charge on any atom is 0.224 e. The molecule has 0 aliphatic carbocycles. The molecule has 4 heteroatoms. The largest absolute Gasteiger partial charge is 0.492 e. The van der Waals surface area contributed by atoms with Crippen molar-refractivity contribution in [3.05, 3.63) is 64.1 Å². The number of carbonyl (C=O) groups is 1. The van der Waals surface area contributed by atoms with Gasteiger partial charge < -0.3 is 10.1 Å². The highest BCUT2D eigenvalue weighted by Crippen LogP contribution is 2.16. The number of hydrogen-bond donors (Lipinski definition) is 1. The quantitative estimate of drug-likeness (QED) is 0.812. The van der Waals surface area contributed by atoms with Gasteiger partial charge in [-0.1, -0.05) is 51.8 Å². The Balaban J connectivity index is 1.70. The zero-order chi connectivity index (χ0) is 15.1. The lowest BCUT2D eigenvalue weighted by Crippen LogP contribution is -2.29. The number of aryl methyl sites for hydroxylation is 1. The van der Waals surface area contributed by atoms with Crippen LogP contribution in [0.3, 0.4) is 0 Å². The van der Waals surface area contributed by atoms with E-state index in [1.165, 1.54) is 5.56 Å². The summed E-state index contributed by atoms with van der Waals surface area (Å²) < 4.78 is 6.52. The summed E-state index contributed by atoms with van der Waals surface area (Å²) in [5.74, 6) is 0.815.